The van der Waals surface area contributed by atoms with Crippen LogP contribution in [-0.4, -0.2) is 7.05 Å². The van der Waals surface area contributed by atoms with E-state index in [1.165, 1.54) is 35.5 Å². The molecule has 0 aliphatic heterocycles. The minimum absolute atomic E-state index is 0.131. The van der Waals surface area contributed by atoms with Crippen molar-refractivity contribution in [3.05, 3.63) is 65.2 Å². The van der Waals surface area contributed by atoms with Crippen molar-refractivity contribution >= 4 is 11.8 Å². The number of thioether (sulfide) groups is 1. The van der Waals surface area contributed by atoms with E-state index in [0.717, 1.165) is 11.4 Å². The van der Waals surface area contributed by atoms with Gasteiger partial charge < -0.3 is 5.32 Å². The summed E-state index contributed by atoms with van der Waals surface area (Å²) in [6, 6.07) is 11.9. The highest BCUT2D eigenvalue weighted by Gasteiger charge is 2.08. The topological polar surface area (TPSA) is 12.0 Å². The first-order valence-electron chi connectivity index (χ1n) is 6.00. The van der Waals surface area contributed by atoms with Crippen molar-refractivity contribution in [2.45, 2.75) is 17.2 Å². The van der Waals surface area contributed by atoms with E-state index in [9.17, 15) is 8.78 Å². The maximum atomic E-state index is 13.5. The van der Waals surface area contributed by atoms with E-state index < -0.39 is 11.6 Å². The molecule has 0 heterocycles. The van der Waals surface area contributed by atoms with E-state index in [4.69, 9.17) is 0 Å². The molecule has 0 atom stereocenters. The Labute approximate surface area is 116 Å². The number of halogens is 2. The molecule has 0 amide bonds. The van der Waals surface area contributed by atoms with E-state index in [0.29, 0.717) is 5.75 Å². The Morgan fingerprint density at radius 2 is 1.63 bits per heavy atom. The Balaban J connectivity index is 2.02. The molecule has 100 valence electrons. The van der Waals surface area contributed by atoms with E-state index in [1.807, 2.05) is 31.3 Å². The lowest BCUT2D eigenvalue weighted by Crippen LogP contribution is -2.04. The molecule has 2 rings (SSSR count). The van der Waals surface area contributed by atoms with Gasteiger partial charge in [0.1, 0.15) is 11.6 Å². The fourth-order valence-electron chi connectivity index (χ4n) is 1.73. The van der Waals surface area contributed by atoms with Gasteiger partial charge >= 0.3 is 0 Å². The van der Waals surface area contributed by atoms with Gasteiger partial charge in [0.2, 0.25) is 0 Å². The average Bonchev–Trinajstić information content (AvgIpc) is 2.40. The number of hydrogen-bond acceptors (Lipinski definition) is 2. The van der Waals surface area contributed by atoms with Crippen molar-refractivity contribution in [3.63, 3.8) is 0 Å². The molecule has 1 nitrogen and oxygen atoms in total. The fourth-order valence-corrected chi connectivity index (χ4v) is 2.65. The average molecular weight is 279 g/mol. The summed E-state index contributed by atoms with van der Waals surface area (Å²) in [4.78, 5) is 1.00. The molecular formula is C15H15F2NS. The van der Waals surface area contributed by atoms with Crippen molar-refractivity contribution in [1.29, 1.82) is 0 Å². The lowest BCUT2D eigenvalue weighted by atomic mass is 10.2. The predicted molar refractivity (Wildman–Crippen MR) is 75.1 cm³/mol. The largest absolute Gasteiger partial charge is 0.316 e. The summed E-state index contributed by atoms with van der Waals surface area (Å²) in [7, 11) is 1.89. The molecule has 0 aromatic heterocycles. The summed E-state index contributed by atoms with van der Waals surface area (Å²) < 4.78 is 26.9. The van der Waals surface area contributed by atoms with Gasteiger partial charge in [-0.15, -0.1) is 11.8 Å². The van der Waals surface area contributed by atoms with Crippen LogP contribution in [0.15, 0.2) is 47.4 Å². The summed E-state index contributed by atoms with van der Waals surface area (Å²) >= 11 is 1.43. The minimum atomic E-state index is -0.487. The molecule has 0 aliphatic rings. The van der Waals surface area contributed by atoms with Gasteiger partial charge in [-0.25, -0.2) is 8.78 Å². The zero-order valence-corrected chi connectivity index (χ0v) is 11.4. The Kier molecular flexibility index (Phi) is 4.93. The Bertz CT molecular complexity index is 520. The van der Waals surface area contributed by atoms with E-state index in [2.05, 4.69) is 5.32 Å². The lowest BCUT2D eigenvalue weighted by molar-refractivity contribution is 0.566. The quantitative estimate of drug-likeness (QED) is 0.831. The highest BCUT2D eigenvalue weighted by atomic mass is 32.2. The Hall–Kier alpha value is -1.39. The molecule has 2 aromatic rings. The Morgan fingerprint density at radius 1 is 1.00 bits per heavy atom. The summed E-state index contributed by atoms with van der Waals surface area (Å²) in [6.45, 7) is 0.812. The Morgan fingerprint density at radius 3 is 2.21 bits per heavy atom. The van der Waals surface area contributed by atoms with Gasteiger partial charge in [-0.1, -0.05) is 18.2 Å². The maximum Gasteiger partial charge on any atom is 0.130 e. The van der Waals surface area contributed by atoms with Crippen LogP contribution in [0.2, 0.25) is 0 Å². The third-order valence-electron chi connectivity index (χ3n) is 2.75. The van der Waals surface area contributed by atoms with Crippen LogP contribution >= 0.6 is 11.8 Å². The van der Waals surface area contributed by atoms with Crippen LogP contribution in [0.5, 0.6) is 0 Å². The molecule has 0 saturated heterocycles. The van der Waals surface area contributed by atoms with Crippen LogP contribution in [0.3, 0.4) is 0 Å². The smallest absolute Gasteiger partial charge is 0.130 e. The standard InChI is InChI=1S/C15H15F2NS/c1-18-9-11-5-7-12(8-6-11)19-10-13-14(16)3-2-4-15(13)17/h2-8,18H,9-10H2,1H3. The molecule has 0 fully saturated rings. The van der Waals surface area contributed by atoms with Crippen LogP contribution in [0.25, 0.3) is 0 Å². The minimum Gasteiger partial charge on any atom is -0.316 e. The van der Waals surface area contributed by atoms with Gasteiger partial charge in [0.15, 0.2) is 0 Å². The summed E-state index contributed by atoms with van der Waals surface area (Å²) in [5.74, 6) is -0.678. The van der Waals surface area contributed by atoms with Crippen LogP contribution in [0.1, 0.15) is 11.1 Å². The molecule has 0 unspecified atom stereocenters. The van der Waals surface area contributed by atoms with Gasteiger partial charge in [-0.2, -0.15) is 0 Å². The van der Waals surface area contributed by atoms with Crippen molar-refractivity contribution < 1.29 is 8.78 Å². The number of nitrogens with one attached hydrogen (secondary N) is 1. The second-order valence-corrected chi connectivity index (χ2v) is 5.21. The van der Waals surface area contributed by atoms with E-state index >= 15 is 0 Å². The van der Waals surface area contributed by atoms with E-state index in [1.54, 1.807) is 0 Å². The molecule has 0 aliphatic carbocycles. The first-order valence-corrected chi connectivity index (χ1v) is 6.98. The highest BCUT2D eigenvalue weighted by Crippen LogP contribution is 2.25. The SMILES string of the molecule is CNCc1ccc(SCc2c(F)cccc2F)cc1. The van der Waals surface area contributed by atoms with Crippen molar-refractivity contribution in [2.24, 2.45) is 0 Å². The molecule has 0 saturated carbocycles. The van der Waals surface area contributed by atoms with Crippen molar-refractivity contribution in [1.82, 2.24) is 5.32 Å². The fraction of sp³-hybridized carbons (Fsp3) is 0.200. The second-order valence-electron chi connectivity index (χ2n) is 4.16. The second kappa shape index (κ2) is 6.68. The van der Waals surface area contributed by atoms with E-state index in [-0.39, 0.29) is 5.56 Å². The predicted octanol–water partition coefficient (Wildman–Crippen LogP) is 3.98. The number of rotatable bonds is 5. The van der Waals surface area contributed by atoms with Crippen LogP contribution < -0.4 is 5.32 Å². The number of benzene rings is 2. The van der Waals surface area contributed by atoms with Crippen molar-refractivity contribution in [3.8, 4) is 0 Å². The zero-order chi connectivity index (χ0) is 13.7. The van der Waals surface area contributed by atoms with Gasteiger partial charge in [0.05, 0.1) is 0 Å². The normalized spacial score (nSPS) is 10.7. The lowest BCUT2D eigenvalue weighted by Gasteiger charge is -2.06. The van der Waals surface area contributed by atoms with Gasteiger partial charge in [-0.05, 0) is 36.9 Å². The monoisotopic (exact) mass is 279 g/mol. The molecule has 0 spiro atoms. The third-order valence-corrected chi connectivity index (χ3v) is 3.79. The maximum absolute atomic E-state index is 13.5. The molecular weight excluding hydrogens is 264 g/mol. The highest BCUT2D eigenvalue weighted by molar-refractivity contribution is 7.98. The van der Waals surface area contributed by atoms with Crippen LogP contribution in [0, 0.1) is 11.6 Å². The first kappa shape index (κ1) is 14.0. The molecule has 0 radical (unpaired) electrons. The first-order chi connectivity index (χ1) is 9.20. The van der Waals surface area contributed by atoms with Crippen LogP contribution in [0.4, 0.5) is 8.78 Å². The summed E-state index contributed by atoms with van der Waals surface area (Å²) in [5, 5.41) is 3.07. The molecule has 19 heavy (non-hydrogen) atoms. The van der Waals surface area contributed by atoms with Crippen molar-refractivity contribution in [2.75, 3.05) is 7.05 Å². The molecule has 1 N–H and O–H groups in total. The molecule has 2 aromatic carbocycles. The third kappa shape index (κ3) is 3.78. The molecule has 0 bridgehead atoms. The number of hydrogen-bond donors (Lipinski definition) is 1. The van der Waals surface area contributed by atoms with Gasteiger partial charge in [0.25, 0.3) is 0 Å². The van der Waals surface area contributed by atoms with Crippen LogP contribution in [-0.2, 0) is 12.3 Å². The van der Waals surface area contributed by atoms with Gasteiger partial charge in [-0.3, -0.25) is 0 Å². The van der Waals surface area contributed by atoms with Gasteiger partial charge in [0, 0.05) is 22.8 Å². The summed E-state index contributed by atoms with van der Waals surface area (Å²) in [5.41, 5.74) is 1.32. The zero-order valence-electron chi connectivity index (χ0n) is 10.6. The summed E-state index contributed by atoms with van der Waals surface area (Å²) in [6.07, 6.45) is 0. The molecule has 4 heteroatoms.